The highest BCUT2D eigenvalue weighted by molar-refractivity contribution is 5.97. The van der Waals surface area contributed by atoms with Crippen molar-refractivity contribution in [3.63, 3.8) is 0 Å². The van der Waals surface area contributed by atoms with Crippen LogP contribution in [0, 0.1) is 0 Å². The molecule has 1 amide bonds. The van der Waals surface area contributed by atoms with E-state index in [-0.39, 0.29) is 24.9 Å². The molecule has 0 bridgehead atoms. The Morgan fingerprint density at radius 3 is 2.89 bits per heavy atom. The van der Waals surface area contributed by atoms with Gasteiger partial charge in [-0.05, 0) is 12.5 Å². The lowest BCUT2D eigenvalue weighted by Crippen LogP contribution is -2.29. The number of carbonyl (C=O) groups is 1. The van der Waals surface area contributed by atoms with Crippen LogP contribution in [0.5, 0.6) is 0 Å². The molecule has 98 valence electrons. The number of amides is 1. The van der Waals surface area contributed by atoms with Crippen LogP contribution in [0.1, 0.15) is 29.6 Å². The smallest absolute Gasteiger partial charge is 0.252 e. The summed E-state index contributed by atoms with van der Waals surface area (Å²) in [6.45, 7) is 0.570. The van der Waals surface area contributed by atoms with Gasteiger partial charge in [0.25, 0.3) is 5.91 Å². The molecule has 1 saturated heterocycles. The minimum atomic E-state index is -2.65. The second-order valence-corrected chi connectivity index (χ2v) is 4.33. The highest BCUT2D eigenvalue weighted by Gasteiger charge is 2.32. The fraction of sp³-hybridized carbons (Fsp3) is 0.545. The zero-order chi connectivity index (χ0) is 13.2. The first-order valence-electron chi connectivity index (χ1n) is 5.74. The summed E-state index contributed by atoms with van der Waals surface area (Å²) < 4.78 is 26.5. The van der Waals surface area contributed by atoms with Gasteiger partial charge in [-0.3, -0.25) is 4.79 Å². The summed E-state index contributed by atoms with van der Waals surface area (Å²) in [5.74, 6) is -2.98. The van der Waals surface area contributed by atoms with E-state index in [1.165, 1.54) is 12.3 Å². The number of nitrogens with zero attached hydrogens (tertiary/aromatic N) is 3. The Hall–Kier alpha value is -1.79. The molecule has 5 nitrogen and oxygen atoms in total. The molecule has 1 aliphatic rings. The van der Waals surface area contributed by atoms with E-state index in [9.17, 15) is 13.6 Å². The SMILES string of the molecule is NC(=O)c1ccnnc1N1CCCC(F)(F)CC1. The Bertz CT molecular complexity index is 452. The maximum absolute atomic E-state index is 13.3. The van der Waals surface area contributed by atoms with E-state index in [0.29, 0.717) is 18.8 Å². The van der Waals surface area contributed by atoms with Gasteiger partial charge in [-0.25, -0.2) is 8.78 Å². The molecule has 0 radical (unpaired) electrons. The highest BCUT2D eigenvalue weighted by Crippen LogP contribution is 2.29. The van der Waals surface area contributed by atoms with Gasteiger partial charge in [-0.2, -0.15) is 5.10 Å². The molecule has 7 heteroatoms. The summed E-state index contributed by atoms with van der Waals surface area (Å²) in [5, 5.41) is 7.53. The number of anilines is 1. The average Bonchev–Trinajstić information content (AvgIpc) is 2.50. The number of hydrogen-bond donors (Lipinski definition) is 1. The van der Waals surface area contributed by atoms with Crippen molar-refractivity contribution in [2.75, 3.05) is 18.0 Å². The van der Waals surface area contributed by atoms with Crippen LogP contribution in [0.3, 0.4) is 0 Å². The summed E-state index contributed by atoms with van der Waals surface area (Å²) in [4.78, 5) is 12.9. The number of alkyl halides is 2. The van der Waals surface area contributed by atoms with E-state index in [1.54, 1.807) is 4.90 Å². The van der Waals surface area contributed by atoms with Crippen molar-refractivity contribution in [3.05, 3.63) is 17.8 Å². The maximum Gasteiger partial charge on any atom is 0.252 e. The minimum absolute atomic E-state index is 0.143. The van der Waals surface area contributed by atoms with Gasteiger partial charge in [0.1, 0.15) is 0 Å². The zero-order valence-electron chi connectivity index (χ0n) is 9.77. The molecule has 18 heavy (non-hydrogen) atoms. The first-order valence-corrected chi connectivity index (χ1v) is 5.74. The zero-order valence-corrected chi connectivity index (χ0v) is 9.77. The summed E-state index contributed by atoms with van der Waals surface area (Å²) in [6.07, 6.45) is 1.31. The average molecular weight is 256 g/mol. The topological polar surface area (TPSA) is 72.1 Å². The number of aromatic nitrogens is 2. The number of carbonyl (C=O) groups excluding carboxylic acids is 1. The molecule has 1 fully saturated rings. The van der Waals surface area contributed by atoms with Gasteiger partial charge in [0.2, 0.25) is 5.92 Å². The number of halogens is 2. The van der Waals surface area contributed by atoms with Crippen LogP contribution < -0.4 is 10.6 Å². The molecule has 2 N–H and O–H groups in total. The van der Waals surface area contributed by atoms with Gasteiger partial charge >= 0.3 is 0 Å². The van der Waals surface area contributed by atoms with Crippen LogP contribution in [0.2, 0.25) is 0 Å². The fourth-order valence-electron chi connectivity index (χ4n) is 2.03. The molecule has 1 aliphatic heterocycles. The van der Waals surface area contributed by atoms with Gasteiger partial charge in [0, 0.05) is 25.9 Å². The van der Waals surface area contributed by atoms with Crippen LogP contribution in [-0.2, 0) is 0 Å². The van der Waals surface area contributed by atoms with E-state index in [2.05, 4.69) is 10.2 Å². The quantitative estimate of drug-likeness (QED) is 0.863. The Morgan fingerprint density at radius 2 is 2.17 bits per heavy atom. The molecule has 1 aromatic rings. The van der Waals surface area contributed by atoms with Crippen molar-refractivity contribution in [1.82, 2.24) is 10.2 Å². The van der Waals surface area contributed by atoms with Gasteiger partial charge in [0.15, 0.2) is 5.82 Å². The van der Waals surface area contributed by atoms with E-state index in [4.69, 9.17) is 5.73 Å². The van der Waals surface area contributed by atoms with Crippen molar-refractivity contribution < 1.29 is 13.6 Å². The lowest BCUT2D eigenvalue weighted by Gasteiger charge is -2.22. The number of rotatable bonds is 2. The number of nitrogens with two attached hydrogens (primary N) is 1. The first kappa shape index (κ1) is 12.7. The standard InChI is InChI=1S/C11H14F2N4O/c12-11(13)3-1-6-17(7-4-11)10-8(9(14)18)2-5-15-16-10/h2,5H,1,3-4,6-7H2,(H2,14,18). The molecule has 0 atom stereocenters. The largest absolute Gasteiger partial charge is 0.365 e. The molecule has 0 spiro atoms. The number of primary amides is 1. The molecule has 2 rings (SSSR count). The Balaban J connectivity index is 2.24. The van der Waals surface area contributed by atoms with Crippen LogP contribution in [0.15, 0.2) is 12.3 Å². The van der Waals surface area contributed by atoms with Crippen LogP contribution >= 0.6 is 0 Å². The van der Waals surface area contributed by atoms with Crippen molar-refractivity contribution in [2.45, 2.75) is 25.2 Å². The van der Waals surface area contributed by atoms with Crippen LogP contribution in [0.4, 0.5) is 14.6 Å². The lowest BCUT2D eigenvalue weighted by atomic mass is 10.1. The Labute approximate surface area is 103 Å². The Morgan fingerprint density at radius 1 is 1.39 bits per heavy atom. The van der Waals surface area contributed by atoms with Gasteiger partial charge in [0.05, 0.1) is 11.8 Å². The molecular formula is C11H14F2N4O. The minimum Gasteiger partial charge on any atom is -0.365 e. The van der Waals surface area contributed by atoms with Gasteiger partial charge in [-0.15, -0.1) is 5.10 Å². The van der Waals surface area contributed by atoms with Gasteiger partial charge < -0.3 is 10.6 Å². The third-order valence-corrected chi connectivity index (χ3v) is 2.98. The summed E-state index contributed by atoms with van der Waals surface area (Å²) in [5.41, 5.74) is 5.45. The van der Waals surface area contributed by atoms with Crippen molar-refractivity contribution >= 4 is 11.7 Å². The lowest BCUT2D eigenvalue weighted by molar-refractivity contribution is -0.0102. The van der Waals surface area contributed by atoms with E-state index < -0.39 is 11.8 Å². The van der Waals surface area contributed by atoms with Gasteiger partial charge in [-0.1, -0.05) is 0 Å². The highest BCUT2D eigenvalue weighted by atomic mass is 19.3. The molecule has 2 heterocycles. The first-order chi connectivity index (χ1) is 8.49. The van der Waals surface area contributed by atoms with E-state index >= 15 is 0 Å². The van der Waals surface area contributed by atoms with Crippen molar-refractivity contribution in [1.29, 1.82) is 0 Å². The predicted molar refractivity (Wildman–Crippen MR) is 61.6 cm³/mol. The molecular weight excluding hydrogens is 242 g/mol. The molecule has 1 aromatic heterocycles. The van der Waals surface area contributed by atoms with Crippen molar-refractivity contribution in [3.8, 4) is 0 Å². The van der Waals surface area contributed by atoms with Crippen molar-refractivity contribution in [2.24, 2.45) is 5.73 Å². The van der Waals surface area contributed by atoms with E-state index in [1.807, 2.05) is 0 Å². The molecule has 0 aliphatic carbocycles. The molecule has 0 saturated carbocycles. The molecule has 0 unspecified atom stereocenters. The number of hydrogen-bond acceptors (Lipinski definition) is 4. The fourth-order valence-corrected chi connectivity index (χ4v) is 2.03. The normalized spacial score (nSPS) is 19.3. The summed E-state index contributed by atoms with van der Waals surface area (Å²) in [6, 6.07) is 1.45. The molecule has 0 aromatic carbocycles. The Kier molecular flexibility index (Phi) is 3.40. The maximum atomic E-state index is 13.3. The monoisotopic (exact) mass is 256 g/mol. The van der Waals surface area contributed by atoms with Crippen LogP contribution in [-0.4, -0.2) is 35.1 Å². The van der Waals surface area contributed by atoms with Crippen LogP contribution in [0.25, 0.3) is 0 Å². The second kappa shape index (κ2) is 4.83. The summed E-state index contributed by atoms with van der Waals surface area (Å²) >= 11 is 0. The third kappa shape index (κ3) is 2.72. The van der Waals surface area contributed by atoms with E-state index in [0.717, 1.165) is 0 Å². The summed E-state index contributed by atoms with van der Waals surface area (Å²) in [7, 11) is 0. The third-order valence-electron chi connectivity index (χ3n) is 2.98. The predicted octanol–water partition coefficient (Wildman–Crippen LogP) is 1.20. The second-order valence-electron chi connectivity index (χ2n) is 4.33.